The van der Waals surface area contributed by atoms with E-state index in [1.165, 1.54) is 26.8 Å². The largest absolute Gasteiger partial charge is 0.461 e. The Hall–Kier alpha value is -3.04. The summed E-state index contributed by atoms with van der Waals surface area (Å²) in [6.07, 6.45) is 6.59. The topological polar surface area (TPSA) is 139 Å². The first kappa shape index (κ1) is 29.2. The molecule has 7 atom stereocenters. The van der Waals surface area contributed by atoms with Crippen LogP contribution in [0.25, 0.3) is 0 Å². The lowest BCUT2D eigenvalue weighted by Crippen LogP contribution is -2.62. The van der Waals surface area contributed by atoms with Crippen molar-refractivity contribution in [3.8, 4) is 0 Å². The molecule has 1 fully saturated rings. The Kier molecular flexibility index (Phi) is 9.95. The van der Waals surface area contributed by atoms with Crippen LogP contribution in [0, 0.1) is 11.3 Å². The van der Waals surface area contributed by atoms with Gasteiger partial charge < -0.3 is 25.0 Å². The zero-order valence-electron chi connectivity index (χ0n) is 21.7. The number of amides is 1. The fraction of sp³-hybridized carbons (Fsp3) is 0.556. The zero-order chi connectivity index (χ0) is 27.2. The van der Waals surface area contributed by atoms with Crippen molar-refractivity contribution in [1.29, 1.82) is 0 Å². The number of esters is 2. The van der Waals surface area contributed by atoms with E-state index in [2.05, 4.69) is 5.32 Å². The van der Waals surface area contributed by atoms with Gasteiger partial charge in [-0.05, 0) is 40.2 Å². The summed E-state index contributed by atoms with van der Waals surface area (Å²) in [5, 5.41) is 22.7. The lowest BCUT2D eigenvalue weighted by atomic mass is 9.69. The molecule has 0 aromatic heterocycles. The molecule has 9 nitrogen and oxygen atoms in total. The molecule has 9 heteroatoms. The van der Waals surface area contributed by atoms with Gasteiger partial charge in [0.25, 0.3) is 0 Å². The van der Waals surface area contributed by atoms with Crippen molar-refractivity contribution in [2.45, 2.75) is 84.8 Å². The molecule has 0 radical (unpaired) electrons. The van der Waals surface area contributed by atoms with Gasteiger partial charge in [0.15, 0.2) is 5.78 Å². The highest BCUT2D eigenvalue weighted by Crippen LogP contribution is 2.38. The smallest absolute Gasteiger partial charge is 0.322 e. The Morgan fingerprint density at radius 3 is 2.44 bits per heavy atom. The van der Waals surface area contributed by atoms with E-state index < -0.39 is 65.4 Å². The van der Waals surface area contributed by atoms with Crippen LogP contribution >= 0.6 is 0 Å². The average Bonchev–Trinajstić information content (AvgIpc) is 2.80. The summed E-state index contributed by atoms with van der Waals surface area (Å²) in [7, 11) is 0. The summed E-state index contributed by atoms with van der Waals surface area (Å²) in [6, 6.07) is -1.12. The number of hydrogen-bond acceptors (Lipinski definition) is 8. The van der Waals surface area contributed by atoms with Crippen molar-refractivity contribution >= 4 is 23.6 Å². The molecule has 7 unspecified atom stereocenters. The number of aliphatic hydroxyl groups excluding tert-OH is 2. The molecule has 36 heavy (non-hydrogen) atoms. The molecule has 1 saturated heterocycles. The van der Waals surface area contributed by atoms with Crippen LogP contribution in [0.1, 0.15) is 54.4 Å². The second-order valence-electron chi connectivity index (χ2n) is 9.72. The van der Waals surface area contributed by atoms with Crippen LogP contribution in [0.4, 0.5) is 0 Å². The van der Waals surface area contributed by atoms with E-state index in [9.17, 15) is 29.4 Å². The van der Waals surface area contributed by atoms with E-state index in [0.29, 0.717) is 12.0 Å². The first-order chi connectivity index (χ1) is 16.7. The summed E-state index contributed by atoms with van der Waals surface area (Å²) >= 11 is 0. The van der Waals surface area contributed by atoms with Crippen LogP contribution in [0.5, 0.6) is 0 Å². The quantitative estimate of drug-likeness (QED) is 0.393. The molecule has 0 aromatic rings. The summed E-state index contributed by atoms with van der Waals surface area (Å²) in [6.45, 7) is 9.13. The highest BCUT2D eigenvalue weighted by atomic mass is 16.6. The molecule has 2 aliphatic heterocycles. The lowest BCUT2D eigenvalue weighted by Gasteiger charge is -2.42. The number of Topliss-reactive ketones (excluding diaryl/α,β-unsaturated/α-hetero) is 1. The van der Waals surface area contributed by atoms with Crippen LogP contribution in [0.2, 0.25) is 0 Å². The molecule has 1 amide bonds. The van der Waals surface area contributed by atoms with E-state index >= 15 is 0 Å². The highest BCUT2D eigenvalue weighted by Gasteiger charge is 2.56. The maximum atomic E-state index is 13.7. The number of carbonyl (C=O) groups excluding carboxylic acids is 4. The third-order valence-electron chi connectivity index (χ3n) is 6.51. The Bertz CT molecular complexity index is 992. The Morgan fingerprint density at radius 1 is 1.19 bits per heavy atom. The molecule has 2 heterocycles. The van der Waals surface area contributed by atoms with E-state index in [1.807, 2.05) is 13.0 Å². The Morgan fingerprint density at radius 2 is 1.83 bits per heavy atom. The van der Waals surface area contributed by atoms with Gasteiger partial charge in [0, 0.05) is 13.3 Å². The molecular formula is C27H37NO8. The number of allylic oxidation sites excluding steroid dienone is 4. The minimum atomic E-state index is -1.77. The maximum absolute atomic E-state index is 13.7. The Balaban J connectivity index is 2.60. The summed E-state index contributed by atoms with van der Waals surface area (Å²) in [5.41, 5.74) is -0.358. The molecule has 0 spiro atoms. The van der Waals surface area contributed by atoms with Crippen molar-refractivity contribution < 1.29 is 38.9 Å². The second kappa shape index (κ2) is 12.3. The lowest BCUT2D eigenvalue weighted by molar-refractivity contribution is -0.182. The van der Waals surface area contributed by atoms with E-state index in [4.69, 9.17) is 9.47 Å². The highest BCUT2D eigenvalue weighted by molar-refractivity contribution is 6.08. The van der Waals surface area contributed by atoms with Gasteiger partial charge in [-0.2, -0.15) is 0 Å². The normalized spacial score (nSPS) is 37.3. The molecule has 0 saturated carbocycles. The van der Waals surface area contributed by atoms with Crippen LogP contribution in [-0.2, 0) is 28.7 Å². The van der Waals surface area contributed by atoms with Crippen LogP contribution in [-0.4, -0.2) is 64.3 Å². The number of fused-ring (bicyclic) bond motifs is 10. The van der Waals surface area contributed by atoms with Gasteiger partial charge in [-0.3, -0.25) is 19.2 Å². The minimum absolute atomic E-state index is 0.0713. The number of rotatable bonds is 3. The maximum Gasteiger partial charge on any atom is 0.322 e. The van der Waals surface area contributed by atoms with Crippen LogP contribution in [0.3, 0.4) is 0 Å². The molecule has 198 valence electrons. The molecule has 0 aromatic carbocycles. The van der Waals surface area contributed by atoms with Gasteiger partial charge in [0.05, 0.1) is 18.1 Å². The third kappa shape index (κ3) is 7.24. The predicted octanol–water partition coefficient (Wildman–Crippen LogP) is 2.08. The van der Waals surface area contributed by atoms with Crippen molar-refractivity contribution in [1.82, 2.24) is 5.32 Å². The van der Waals surface area contributed by atoms with E-state index in [-0.39, 0.29) is 6.42 Å². The van der Waals surface area contributed by atoms with Gasteiger partial charge in [-0.15, -0.1) is 0 Å². The molecular weight excluding hydrogens is 466 g/mol. The third-order valence-corrected chi connectivity index (χ3v) is 6.51. The fourth-order valence-electron chi connectivity index (χ4n) is 4.17. The first-order valence-corrected chi connectivity index (χ1v) is 12.1. The minimum Gasteiger partial charge on any atom is -0.461 e. The zero-order valence-corrected chi connectivity index (χ0v) is 21.7. The number of carbonyl (C=O) groups is 4. The van der Waals surface area contributed by atoms with Gasteiger partial charge in [-0.25, -0.2) is 0 Å². The molecule has 1 aliphatic carbocycles. The van der Waals surface area contributed by atoms with Gasteiger partial charge in [0.2, 0.25) is 5.91 Å². The first-order valence-electron chi connectivity index (χ1n) is 12.1. The Labute approximate surface area is 211 Å². The van der Waals surface area contributed by atoms with Crippen LogP contribution in [0.15, 0.2) is 47.6 Å². The molecule has 2 bridgehead atoms. The van der Waals surface area contributed by atoms with Gasteiger partial charge in [0.1, 0.15) is 23.7 Å². The van der Waals surface area contributed by atoms with Gasteiger partial charge in [-0.1, -0.05) is 48.5 Å². The summed E-state index contributed by atoms with van der Waals surface area (Å²) < 4.78 is 11.1. The predicted molar refractivity (Wildman–Crippen MR) is 132 cm³/mol. The van der Waals surface area contributed by atoms with Crippen molar-refractivity contribution in [2.75, 3.05) is 0 Å². The van der Waals surface area contributed by atoms with E-state index in [0.717, 1.165) is 5.57 Å². The summed E-state index contributed by atoms with van der Waals surface area (Å²) in [4.78, 5) is 51.0. The summed E-state index contributed by atoms with van der Waals surface area (Å²) in [5.74, 6) is -3.31. The standard InChI is InChI=1S/C27H37NO8/c1-15-7-10-20(31)11-8-16(2)13-23(28-25(33)18(4)29)27(6)24(32)17(3)22(36-26(27)34)14-21(12-9-15)35-19(5)30/h7-9,11-13,17-18,20-23,29,31H,10,14H2,1-6H3,(H,28,33)/b11-8-,12-9+,15-7+,16-13-. The SMILES string of the molecule is CC(=O)OC1/C=C/C(C)=C/CC(O)/C=C\C(C)=C/C(NC(=O)C(C)O)C2(C)C(=O)OC(C1)C(C)C2=O. The second-order valence-corrected chi connectivity index (χ2v) is 9.72. The molecule has 3 rings (SSSR count). The van der Waals surface area contributed by atoms with Crippen molar-refractivity contribution in [3.63, 3.8) is 0 Å². The fourth-order valence-corrected chi connectivity index (χ4v) is 4.17. The molecule has 3 N–H and O–H groups in total. The number of ether oxygens (including phenoxy) is 2. The van der Waals surface area contributed by atoms with Crippen molar-refractivity contribution in [3.05, 3.63) is 47.6 Å². The monoisotopic (exact) mass is 503 g/mol. The number of aliphatic hydroxyl groups is 2. The molecule has 3 aliphatic rings. The van der Waals surface area contributed by atoms with Gasteiger partial charge >= 0.3 is 11.9 Å². The van der Waals surface area contributed by atoms with Crippen LogP contribution < -0.4 is 5.32 Å². The number of nitrogens with one attached hydrogen (secondary N) is 1. The van der Waals surface area contributed by atoms with E-state index in [1.54, 1.807) is 38.2 Å². The number of ketones is 1. The van der Waals surface area contributed by atoms with Crippen molar-refractivity contribution in [2.24, 2.45) is 11.3 Å². The average molecular weight is 504 g/mol. The number of hydrogen-bond donors (Lipinski definition) is 3.